The third-order valence-electron chi connectivity index (χ3n) is 4.68. The molecular formula is C19H19ClN4O4S. The van der Waals surface area contributed by atoms with E-state index in [2.05, 4.69) is 15.0 Å². The van der Waals surface area contributed by atoms with Gasteiger partial charge in [0.15, 0.2) is 5.89 Å². The molecular weight excluding hydrogens is 416 g/mol. The van der Waals surface area contributed by atoms with Gasteiger partial charge < -0.3 is 9.15 Å². The molecule has 1 aromatic carbocycles. The van der Waals surface area contributed by atoms with Crippen molar-refractivity contribution >= 4 is 21.6 Å². The van der Waals surface area contributed by atoms with Crippen molar-refractivity contribution in [3.63, 3.8) is 0 Å². The third-order valence-corrected chi connectivity index (χ3v) is 6.78. The van der Waals surface area contributed by atoms with Crippen LogP contribution in [-0.4, -0.2) is 46.9 Å². The van der Waals surface area contributed by atoms with Gasteiger partial charge in [-0.1, -0.05) is 23.7 Å². The second-order valence-corrected chi connectivity index (χ2v) is 9.06. The van der Waals surface area contributed by atoms with E-state index < -0.39 is 10.0 Å². The highest BCUT2D eigenvalue weighted by atomic mass is 35.5. The minimum atomic E-state index is -3.57. The average molecular weight is 435 g/mol. The maximum Gasteiger partial charge on any atom is 0.316 e. The molecule has 0 unspecified atom stereocenters. The first-order valence-corrected chi connectivity index (χ1v) is 10.9. The van der Waals surface area contributed by atoms with Gasteiger partial charge in [-0.2, -0.15) is 4.31 Å². The number of halogens is 1. The number of rotatable bonds is 5. The highest BCUT2D eigenvalue weighted by Gasteiger charge is 2.30. The van der Waals surface area contributed by atoms with Crippen molar-refractivity contribution in [2.24, 2.45) is 0 Å². The second kappa shape index (κ2) is 8.10. The van der Waals surface area contributed by atoms with Crippen molar-refractivity contribution in [3.8, 4) is 17.3 Å². The van der Waals surface area contributed by atoms with E-state index in [-0.39, 0.29) is 17.0 Å². The van der Waals surface area contributed by atoms with Gasteiger partial charge in [0.05, 0.1) is 22.3 Å². The molecule has 1 aliphatic heterocycles. The first kappa shape index (κ1) is 19.8. The number of ether oxygens (including phenoxy) is 1. The summed E-state index contributed by atoms with van der Waals surface area (Å²) in [6.45, 7) is 2.49. The minimum Gasteiger partial charge on any atom is -0.460 e. The molecule has 0 amide bonds. The van der Waals surface area contributed by atoms with Gasteiger partial charge in [0.2, 0.25) is 10.0 Å². The van der Waals surface area contributed by atoms with E-state index in [1.807, 2.05) is 0 Å². The highest BCUT2D eigenvalue weighted by molar-refractivity contribution is 7.89. The summed E-state index contributed by atoms with van der Waals surface area (Å²) in [5.41, 5.74) is 1.48. The molecule has 1 saturated heterocycles. The molecule has 4 rings (SSSR count). The predicted molar refractivity (Wildman–Crippen MR) is 106 cm³/mol. The highest BCUT2D eigenvalue weighted by Crippen LogP contribution is 2.25. The fraction of sp³-hybridized carbons (Fsp3) is 0.316. The fourth-order valence-electron chi connectivity index (χ4n) is 3.14. The Morgan fingerprint density at radius 3 is 2.38 bits per heavy atom. The monoisotopic (exact) mass is 434 g/mol. The Morgan fingerprint density at radius 1 is 1.14 bits per heavy atom. The smallest absolute Gasteiger partial charge is 0.316 e. The summed E-state index contributed by atoms with van der Waals surface area (Å²) in [5.74, 6) is 0.561. The van der Waals surface area contributed by atoms with Crippen LogP contribution in [0.4, 0.5) is 0 Å². The Labute approximate surface area is 173 Å². The lowest BCUT2D eigenvalue weighted by atomic mass is 10.1. The molecule has 3 heterocycles. The van der Waals surface area contributed by atoms with E-state index in [1.165, 1.54) is 16.7 Å². The van der Waals surface area contributed by atoms with Gasteiger partial charge in [-0.05, 0) is 25.0 Å². The first-order chi connectivity index (χ1) is 13.9. The van der Waals surface area contributed by atoms with Crippen LogP contribution in [0.1, 0.15) is 18.7 Å². The Balaban J connectivity index is 1.40. The largest absolute Gasteiger partial charge is 0.460 e. The summed E-state index contributed by atoms with van der Waals surface area (Å²) >= 11 is 5.77. The van der Waals surface area contributed by atoms with Gasteiger partial charge in [0.1, 0.15) is 18.1 Å². The zero-order valence-corrected chi connectivity index (χ0v) is 17.2. The van der Waals surface area contributed by atoms with Crippen molar-refractivity contribution in [3.05, 3.63) is 53.8 Å². The zero-order chi connectivity index (χ0) is 20.4. The van der Waals surface area contributed by atoms with Crippen molar-refractivity contribution in [2.45, 2.75) is 30.8 Å². The van der Waals surface area contributed by atoms with Gasteiger partial charge in [0.25, 0.3) is 0 Å². The summed E-state index contributed by atoms with van der Waals surface area (Å²) in [7, 11) is -3.57. The van der Waals surface area contributed by atoms with Crippen LogP contribution in [0.15, 0.2) is 52.2 Å². The van der Waals surface area contributed by atoms with Crippen molar-refractivity contribution in [2.75, 3.05) is 13.1 Å². The van der Waals surface area contributed by atoms with E-state index in [0.29, 0.717) is 42.5 Å². The molecule has 29 heavy (non-hydrogen) atoms. The van der Waals surface area contributed by atoms with E-state index in [1.54, 1.807) is 37.5 Å². The molecule has 0 radical (unpaired) electrons. The molecule has 3 aromatic rings. The van der Waals surface area contributed by atoms with Crippen LogP contribution < -0.4 is 4.74 Å². The van der Waals surface area contributed by atoms with Crippen molar-refractivity contribution < 1.29 is 17.6 Å². The van der Waals surface area contributed by atoms with E-state index in [4.69, 9.17) is 20.8 Å². The number of nitrogens with zero attached hydrogens (tertiary/aromatic N) is 4. The quantitative estimate of drug-likeness (QED) is 0.607. The summed E-state index contributed by atoms with van der Waals surface area (Å²) in [6, 6.07) is 6.90. The molecule has 8 nitrogen and oxygen atoms in total. The molecule has 10 heteroatoms. The predicted octanol–water partition coefficient (Wildman–Crippen LogP) is 3.33. The molecule has 0 aliphatic carbocycles. The lowest BCUT2D eigenvalue weighted by molar-refractivity contribution is 0.124. The molecule has 0 saturated carbocycles. The van der Waals surface area contributed by atoms with Crippen LogP contribution in [0.5, 0.6) is 6.01 Å². The molecule has 0 N–H and O–H groups in total. The minimum absolute atomic E-state index is 0.139. The summed E-state index contributed by atoms with van der Waals surface area (Å²) in [4.78, 5) is 12.5. The van der Waals surface area contributed by atoms with Crippen LogP contribution in [0.3, 0.4) is 0 Å². The number of aryl methyl sites for hydroxylation is 1. The first-order valence-electron chi connectivity index (χ1n) is 9.09. The van der Waals surface area contributed by atoms with Crippen LogP contribution in [0.25, 0.3) is 11.3 Å². The number of hydrogen-bond donors (Lipinski definition) is 0. The van der Waals surface area contributed by atoms with Gasteiger partial charge in [-0.15, -0.1) is 0 Å². The molecule has 0 atom stereocenters. The van der Waals surface area contributed by atoms with E-state index >= 15 is 0 Å². The van der Waals surface area contributed by atoms with Gasteiger partial charge in [-0.25, -0.2) is 23.4 Å². The summed E-state index contributed by atoms with van der Waals surface area (Å²) < 4.78 is 38.3. The summed E-state index contributed by atoms with van der Waals surface area (Å²) in [6.07, 6.45) is 5.46. The SMILES string of the molecule is Cc1nc(-c2ccc(S(=O)(=O)N3CCC(Oc4ncc(Cl)cn4)CC3)cc2)co1. The fourth-order valence-corrected chi connectivity index (χ4v) is 4.71. The van der Waals surface area contributed by atoms with Crippen LogP contribution in [0.2, 0.25) is 5.02 Å². The average Bonchev–Trinajstić information content (AvgIpc) is 3.17. The Hall–Kier alpha value is -2.49. The number of benzene rings is 1. The van der Waals surface area contributed by atoms with Crippen molar-refractivity contribution in [1.29, 1.82) is 0 Å². The maximum atomic E-state index is 13.0. The van der Waals surface area contributed by atoms with E-state index in [9.17, 15) is 8.42 Å². The van der Waals surface area contributed by atoms with Gasteiger partial charge in [0, 0.05) is 25.6 Å². The molecule has 2 aromatic heterocycles. The number of oxazole rings is 1. The molecule has 1 aliphatic rings. The van der Waals surface area contributed by atoms with Crippen LogP contribution >= 0.6 is 11.6 Å². The lowest BCUT2D eigenvalue weighted by Crippen LogP contribution is -2.41. The number of sulfonamides is 1. The molecule has 152 valence electrons. The van der Waals surface area contributed by atoms with Crippen LogP contribution in [-0.2, 0) is 10.0 Å². The zero-order valence-electron chi connectivity index (χ0n) is 15.7. The maximum absolute atomic E-state index is 13.0. The van der Waals surface area contributed by atoms with Gasteiger partial charge >= 0.3 is 6.01 Å². The van der Waals surface area contributed by atoms with Gasteiger partial charge in [-0.3, -0.25) is 0 Å². The molecule has 0 bridgehead atoms. The van der Waals surface area contributed by atoms with E-state index in [0.717, 1.165) is 5.56 Å². The van der Waals surface area contributed by atoms with Crippen molar-refractivity contribution in [1.82, 2.24) is 19.3 Å². The topological polar surface area (TPSA) is 98.4 Å². The van der Waals surface area contributed by atoms with Crippen LogP contribution in [0, 0.1) is 6.92 Å². The molecule has 1 fully saturated rings. The Bertz CT molecular complexity index is 1080. The Morgan fingerprint density at radius 2 is 1.79 bits per heavy atom. The standard InChI is InChI=1S/C19H19ClN4O4S/c1-13-23-18(12-27-13)14-2-4-17(5-3-14)29(25,26)24-8-6-16(7-9-24)28-19-21-10-15(20)11-22-19/h2-5,10-12,16H,6-9H2,1H3. The normalized spacial score (nSPS) is 16.1. The number of hydrogen-bond acceptors (Lipinski definition) is 7. The third kappa shape index (κ3) is 4.42. The second-order valence-electron chi connectivity index (χ2n) is 6.68. The molecule has 0 spiro atoms. The number of piperidine rings is 1. The summed E-state index contributed by atoms with van der Waals surface area (Å²) in [5, 5.41) is 0.433. The Kier molecular flexibility index (Phi) is 5.53. The lowest BCUT2D eigenvalue weighted by Gasteiger charge is -2.30. The number of aromatic nitrogens is 3.